The third-order valence-corrected chi connectivity index (χ3v) is 4.38. The normalized spacial score (nSPS) is 10.8. The van der Waals surface area contributed by atoms with E-state index in [-0.39, 0.29) is 22.8 Å². The van der Waals surface area contributed by atoms with Crippen LogP contribution in [0, 0.1) is 0 Å². The summed E-state index contributed by atoms with van der Waals surface area (Å²) in [6.07, 6.45) is 0.980. The highest BCUT2D eigenvalue weighted by atomic mass is 35.5. The number of ether oxygens (including phenoxy) is 2. The smallest absolute Gasteiger partial charge is 0.454 e. The van der Waals surface area contributed by atoms with E-state index in [9.17, 15) is 9.59 Å². The number of H-pyrrole nitrogens is 1. The molecule has 11 heteroatoms. The second kappa shape index (κ2) is 7.46. The van der Waals surface area contributed by atoms with Gasteiger partial charge in [-0.1, -0.05) is 29.3 Å². The first-order valence-corrected chi connectivity index (χ1v) is 8.78. The maximum atomic E-state index is 12.5. The first-order chi connectivity index (χ1) is 13.9. The molecule has 0 radical (unpaired) electrons. The summed E-state index contributed by atoms with van der Waals surface area (Å²) in [4.78, 5) is 30.0. The SMILES string of the molecule is O=C(O)Oc1cnn(-c2nc3ccc(Oc4c(Cl)cccc4Cl)cc3c(=O)[nH]2)c1. The molecule has 9 nitrogen and oxygen atoms in total. The van der Waals surface area contributed by atoms with Crippen molar-refractivity contribution in [1.82, 2.24) is 19.7 Å². The lowest BCUT2D eigenvalue weighted by Crippen LogP contribution is -2.13. The molecule has 0 fully saturated rings. The summed E-state index contributed by atoms with van der Waals surface area (Å²) in [6.45, 7) is 0. The lowest BCUT2D eigenvalue weighted by molar-refractivity contribution is 0.144. The Morgan fingerprint density at radius 3 is 2.62 bits per heavy atom. The molecule has 0 aliphatic heterocycles. The van der Waals surface area contributed by atoms with Gasteiger partial charge in [-0.2, -0.15) is 5.10 Å². The molecular weight excluding hydrogens is 423 g/mol. The highest BCUT2D eigenvalue weighted by Gasteiger charge is 2.12. The predicted molar refractivity (Wildman–Crippen MR) is 105 cm³/mol. The molecule has 4 aromatic rings. The van der Waals surface area contributed by atoms with Crippen molar-refractivity contribution in [2.75, 3.05) is 0 Å². The molecule has 2 aromatic heterocycles. The van der Waals surface area contributed by atoms with Crippen molar-refractivity contribution in [3.8, 4) is 23.2 Å². The number of carbonyl (C=O) groups is 1. The quantitative estimate of drug-likeness (QED) is 0.462. The van der Waals surface area contributed by atoms with Crippen LogP contribution in [0.3, 0.4) is 0 Å². The molecule has 0 saturated carbocycles. The number of nitrogens with zero attached hydrogens (tertiary/aromatic N) is 3. The van der Waals surface area contributed by atoms with Crippen LogP contribution in [-0.2, 0) is 0 Å². The van der Waals surface area contributed by atoms with Crippen LogP contribution in [0.25, 0.3) is 16.9 Å². The van der Waals surface area contributed by atoms with Crippen molar-refractivity contribution in [1.29, 1.82) is 0 Å². The second-order valence-electron chi connectivity index (χ2n) is 5.71. The minimum absolute atomic E-state index is 0.0133. The molecule has 2 heterocycles. The van der Waals surface area contributed by atoms with Crippen LogP contribution >= 0.6 is 23.2 Å². The highest BCUT2D eigenvalue weighted by molar-refractivity contribution is 6.37. The molecule has 0 unspecified atom stereocenters. The van der Waals surface area contributed by atoms with Crippen LogP contribution in [-0.4, -0.2) is 31.0 Å². The number of para-hydroxylation sites is 1. The molecule has 29 heavy (non-hydrogen) atoms. The number of nitrogens with one attached hydrogen (secondary N) is 1. The summed E-state index contributed by atoms with van der Waals surface area (Å²) in [6, 6.07) is 9.67. The van der Waals surface area contributed by atoms with Gasteiger partial charge in [-0.25, -0.2) is 14.5 Å². The monoisotopic (exact) mass is 432 g/mol. The summed E-state index contributed by atoms with van der Waals surface area (Å²) in [5, 5.41) is 13.5. The van der Waals surface area contributed by atoms with E-state index >= 15 is 0 Å². The Kier molecular flexibility index (Phi) is 4.83. The Labute approximate surface area is 172 Å². The van der Waals surface area contributed by atoms with Gasteiger partial charge in [0.25, 0.3) is 5.56 Å². The van der Waals surface area contributed by atoms with Crippen molar-refractivity contribution >= 4 is 40.3 Å². The molecule has 4 rings (SSSR count). The van der Waals surface area contributed by atoms with Crippen LogP contribution in [0.2, 0.25) is 10.0 Å². The average molecular weight is 433 g/mol. The molecular formula is C18H10Cl2N4O5. The van der Waals surface area contributed by atoms with E-state index in [4.69, 9.17) is 33.0 Å². The van der Waals surface area contributed by atoms with Gasteiger partial charge in [0.1, 0.15) is 5.75 Å². The number of aromatic amines is 1. The number of aromatic nitrogens is 4. The largest absolute Gasteiger partial charge is 0.511 e. The van der Waals surface area contributed by atoms with Gasteiger partial charge in [-0.3, -0.25) is 9.78 Å². The number of halogens is 2. The Hall–Kier alpha value is -3.56. The third-order valence-electron chi connectivity index (χ3n) is 3.78. The van der Waals surface area contributed by atoms with Gasteiger partial charge in [0.05, 0.1) is 33.3 Å². The molecule has 0 saturated heterocycles. The van der Waals surface area contributed by atoms with E-state index in [0.717, 1.165) is 0 Å². The van der Waals surface area contributed by atoms with Gasteiger partial charge in [0.15, 0.2) is 11.5 Å². The van der Waals surface area contributed by atoms with Crippen LogP contribution in [0.4, 0.5) is 4.79 Å². The zero-order valence-corrected chi connectivity index (χ0v) is 15.8. The minimum Gasteiger partial charge on any atom is -0.454 e. The van der Waals surface area contributed by atoms with Crippen LogP contribution in [0.5, 0.6) is 17.2 Å². The first kappa shape index (κ1) is 18.8. The summed E-state index contributed by atoms with van der Waals surface area (Å²) in [7, 11) is 0. The molecule has 2 aromatic carbocycles. The van der Waals surface area contributed by atoms with Crippen molar-refractivity contribution in [3.05, 3.63) is 69.2 Å². The van der Waals surface area contributed by atoms with Crippen LogP contribution < -0.4 is 15.0 Å². The van der Waals surface area contributed by atoms with Gasteiger partial charge in [0.2, 0.25) is 5.95 Å². The predicted octanol–water partition coefficient (Wildman–Crippen LogP) is 4.26. The third kappa shape index (κ3) is 3.86. The molecule has 0 atom stereocenters. The summed E-state index contributed by atoms with van der Waals surface area (Å²) in [5.74, 6) is 0.702. The van der Waals surface area contributed by atoms with E-state index in [1.165, 1.54) is 23.1 Å². The summed E-state index contributed by atoms with van der Waals surface area (Å²) < 4.78 is 11.4. The molecule has 0 spiro atoms. The average Bonchev–Trinajstić information content (AvgIpc) is 3.13. The minimum atomic E-state index is -1.48. The fourth-order valence-corrected chi connectivity index (χ4v) is 3.03. The standard InChI is InChI=1S/C18H10Cl2N4O5/c19-12-2-1-3-13(20)15(12)28-9-4-5-14-11(6-9)16(25)23-17(22-14)24-8-10(7-21-24)29-18(26)27/h1-8H,(H,26,27)(H,22,23,25). The number of benzene rings is 2. The zero-order valence-electron chi connectivity index (χ0n) is 14.3. The summed E-state index contributed by atoms with van der Waals surface area (Å²) in [5.41, 5.74) is -0.0746. The molecule has 2 N–H and O–H groups in total. The van der Waals surface area contributed by atoms with Crippen molar-refractivity contribution in [2.45, 2.75) is 0 Å². The number of hydrogen-bond donors (Lipinski definition) is 2. The van der Waals surface area contributed by atoms with Gasteiger partial charge in [-0.05, 0) is 30.3 Å². The molecule has 0 amide bonds. The van der Waals surface area contributed by atoms with Gasteiger partial charge in [-0.15, -0.1) is 0 Å². The van der Waals surface area contributed by atoms with Crippen molar-refractivity contribution < 1.29 is 19.4 Å². The van der Waals surface area contributed by atoms with Crippen LogP contribution in [0.15, 0.2) is 53.6 Å². The number of hydrogen-bond acceptors (Lipinski definition) is 6. The fourth-order valence-electron chi connectivity index (χ4n) is 2.55. The maximum Gasteiger partial charge on any atom is 0.511 e. The van der Waals surface area contributed by atoms with Crippen molar-refractivity contribution in [2.24, 2.45) is 0 Å². The second-order valence-corrected chi connectivity index (χ2v) is 6.52. The van der Waals surface area contributed by atoms with E-state index in [2.05, 4.69) is 19.8 Å². The highest BCUT2D eigenvalue weighted by Crippen LogP contribution is 2.36. The molecule has 0 aliphatic carbocycles. The lowest BCUT2D eigenvalue weighted by atomic mass is 10.2. The Morgan fingerprint density at radius 1 is 1.14 bits per heavy atom. The van der Waals surface area contributed by atoms with E-state index in [1.807, 2.05) is 0 Å². The number of fused-ring (bicyclic) bond motifs is 1. The molecule has 0 aliphatic rings. The van der Waals surface area contributed by atoms with Crippen molar-refractivity contribution in [3.63, 3.8) is 0 Å². The lowest BCUT2D eigenvalue weighted by Gasteiger charge is -2.10. The first-order valence-electron chi connectivity index (χ1n) is 8.02. The Morgan fingerprint density at radius 2 is 1.90 bits per heavy atom. The molecule has 146 valence electrons. The number of rotatable bonds is 4. The maximum absolute atomic E-state index is 12.5. The fraction of sp³-hybridized carbons (Fsp3) is 0. The zero-order chi connectivity index (χ0) is 20.5. The van der Waals surface area contributed by atoms with Gasteiger partial charge >= 0.3 is 6.16 Å². The molecule has 0 bridgehead atoms. The van der Waals surface area contributed by atoms with Crippen LogP contribution in [0.1, 0.15) is 0 Å². The Bertz CT molecular complexity index is 1280. The van der Waals surface area contributed by atoms with E-state index in [1.54, 1.807) is 30.3 Å². The van der Waals surface area contributed by atoms with E-state index in [0.29, 0.717) is 21.3 Å². The van der Waals surface area contributed by atoms with Gasteiger partial charge in [0, 0.05) is 0 Å². The summed E-state index contributed by atoms with van der Waals surface area (Å²) >= 11 is 12.2. The van der Waals surface area contributed by atoms with Gasteiger partial charge < -0.3 is 14.6 Å². The topological polar surface area (TPSA) is 119 Å². The van der Waals surface area contributed by atoms with E-state index < -0.39 is 11.7 Å². The number of carboxylic acid groups (broad SMARTS) is 1. The Balaban J connectivity index is 1.69.